The van der Waals surface area contributed by atoms with Crippen molar-refractivity contribution in [1.82, 2.24) is 0 Å². The fourth-order valence-corrected chi connectivity index (χ4v) is 9.01. The van der Waals surface area contributed by atoms with Crippen LogP contribution in [0, 0.1) is 22.7 Å². The summed E-state index contributed by atoms with van der Waals surface area (Å²) >= 11 is 0. The Kier molecular flexibility index (Phi) is 9.17. The van der Waals surface area contributed by atoms with Gasteiger partial charge in [-0.2, -0.15) is 0 Å². The average molecular weight is 675 g/mol. The minimum Gasteiger partial charge on any atom is -0.461 e. The van der Waals surface area contributed by atoms with Crippen LogP contribution in [-0.2, 0) is 33.3 Å². The van der Waals surface area contributed by atoms with Crippen LogP contribution >= 0.6 is 0 Å². The molecule has 2 saturated carbocycles. The van der Waals surface area contributed by atoms with Crippen LogP contribution in [-0.4, -0.2) is 60.9 Å². The predicted molar refractivity (Wildman–Crippen MR) is 174 cm³/mol. The molecule has 0 aromatic heterocycles. The van der Waals surface area contributed by atoms with Gasteiger partial charge in [-0.1, -0.05) is 38.1 Å². The summed E-state index contributed by atoms with van der Waals surface area (Å²) in [4.78, 5) is 63.4. The Morgan fingerprint density at radius 3 is 2.02 bits per heavy atom. The number of para-hydroxylation sites is 2. The summed E-state index contributed by atoms with van der Waals surface area (Å²) in [6.07, 6.45) is 3.92. The maximum atomic E-state index is 13.8. The minimum absolute atomic E-state index is 0.0547. The van der Waals surface area contributed by atoms with Crippen LogP contribution in [0.3, 0.4) is 0 Å². The second-order valence-corrected chi connectivity index (χ2v) is 14.3. The van der Waals surface area contributed by atoms with Crippen molar-refractivity contribution in [3.63, 3.8) is 0 Å². The Labute approximate surface area is 285 Å². The first kappa shape index (κ1) is 34.4. The standard InChI is InChI=1S/C38H42O11/c1-22(39)46-27-12-8-6-10-24(27)34(42)45-21-37(4)30-14-18-38(5)31(20-29(49-38)26-16-19-44-33(26)41)36(30,3)17-15-32(37)48-35(43)25-11-7-9-13-28(25)47-23(2)40/h6-13,16,29-32H,14-15,17-21H2,1-5H3/t29?,30-,31-,32+,36+,37-,38+/m0/s1. The quantitative estimate of drug-likeness (QED) is 0.191. The van der Waals surface area contributed by atoms with Gasteiger partial charge in [-0.25, -0.2) is 14.4 Å². The highest BCUT2D eigenvalue weighted by Crippen LogP contribution is 2.66. The molecule has 1 unspecified atom stereocenters. The molecule has 2 heterocycles. The van der Waals surface area contributed by atoms with E-state index in [2.05, 4.69) is 13.8 Å². The number of benzene rings is 2. The van der Waals surface area contributed by atoms with E-state index >= 15 is 0 Å². The lowest BCUT2D eigenvalue weighted by molar-refractivity contribution is -0.197. The van der Waals surface area contributed by atoms with Gasteiger partial charge in [0.05, 0.1) is 17.3 Å². The Bertz CT molecular complexity index is 1710. The minimum atomic E-state index is -0.865. The van der Waals surface area contributed by atoms with Crippen molar-refractivity contribution < 1.29 is 52.4 Å². The first-order valence-corrected chi connectivity index (χ1v) is 16.7. The number of hydrogen-bond donors (Lipinski definition) is 0. The van der Waals surface area contributed by atoms with Gasteiger partial charge in [-0.05, 0) is 86.6 Å². The fraction of sp³-hybridized carbons (Fsp3) is 0.500. The zero-order valence-corrected chi connectivity index (χ0v) is 28.4. The van der Waals surface area contributed by atoms with Crippen LogP contribution in [0.15, 0.2) is 60.2 Å². The van der Waals surface area contributed by atoms with E-state index in [4.69, 9.17) is 28.4 Å². The lowest BCUT2D eigenvalue weighted by Gasteiger charge is -2.62. The molecule has 4 aliphatic rings. The lowest BCUT2D eigenvalue weighted by atomic mass is 9.44. The number of cyclic esters (lactones) is 1. The van der Waals surface area contributed by atoms with E-state index < -0.39 is 41.0 Å². The van der Waals surface area contributed by atoms with Crippen molar-refractivity contribution >= 4 is 29.8 Å². The number of carbonyl (C=O) groups is 5. The predicted octanol–water partition coefficient (Wildman–Crippen LogP) is 5.78. The van der Waals surface area contributed by atoms with Crippen molar-refractivity contribution in [3.8, 4) is 11.5 Å². The molecule has 260 valence electrons. The summed E-state index contributed by atoms with van der Waals surface area (Å²) in [6.45, 7) is 9.00. The smallest absolute Gasteiger partial charge is 0.342 e. The van der Waals surface area contributed by atoms with E-state index in [1.54, 1.807) is 36.4 Å². The molecule has 0 amide bonds. The molecule has 1 saturated heterocycles. The molecule has 0 N–H and O–H groups in total. The van der Waals surface area contributed by atoms with Crippen LogP contribution in [0.1, 0.15) is 87.4 Å². The van der Waals surface area contributed by atoms with Crippen LogP contribution in [0.4, 0.5) is 0 Å². The van der Waals surface area contributed by atoms with Gasteiger partial charge >= 0.3 is 29.8 Å². The van der Waals surface area contributed by atoms with Gasteiger partial charge in [0.15, 0.2) is 0 Å². The van der Waals surface area contributed by atoms with E-state index in [9.17, 15) is 24.0 Å². The Hall–Kier alpha value is -4.51. The molecule has 2 aliphatic carbocycles. The first-order valence-electron chi connectivity index (χ1n) is 16.7. The molecule has 7 atom stereocenters. The summed E-state index contributed by atoms with van der Waals surface area (Å²) in [5, 5.41) is 0. The molecule has 2 aromatic rings. The monoisotopic (exact) mass is 674 g/mol. The average Bonchev–Trinajstić information content (AvgIpc) is 3.64. The molecular formula is C38H42O11. The maximum absolute atomic E-state index is 13.8. The molecular weight excluding hydrogens is 632 g/mol. The Morgan fingerprint density at radius 1 is 0.816 bits per heavy atom. The van der Waals surface area contributed by atoms with Gasteiger partial charge in [0.25, 0.3) is 0 Å². The number of ether oxygens (including phenoxy) is 6. The molecule has 11 nitrogen and oxygen atoms in total. The van der Waals surface area contributed by atoms with Gasteiger partial charge in [-0.3, -0.25) is 9.59 Å². The SMILES string of the molecule is CC(=O)Oc1ccccc1C(=O)OC[C@@]1(C)[C@H]2CC[C@@]3(C)OC(C4=CCOC4=O)C[C@H]3[C@]2(C)CC[C@H]1OC(=O)c1ccccc1OC(C)=O. The van der Waals surface area contributed by atoms with E-state index in [0.29, 0.717) is 37.7 Å². The summed E-state index contributed by atoms with van der Waals surface area (Å²) in [6, 6.07) is 12.8. The summed E-state index contributed by atoms with van der Waals surface area (Å²) in [5.74, 6) is -2.65. The van der Waals surface area contributed by atoms with E-state index in [0.717, 1.165) is 0 Å². The van der Waals surface area contributed by atoms with Crippen molar-refractivity contribution in [2.75, 3.05) is 13.2 Å². The number of esters is 5. The first-order chi connectivity index (χ1) is 23.2. The molecule has 2 aromatic carbocycles. The second-order valence-electron chi connectivity index (χ2n) is 14.3. The molecule has 11 heteroatoms. The maximum Gasteiger partial charge on any atom is 0.342 e. The molecule has 3 fully saturated rings. The number of carbonyl (C=O) groups excluding carboxylic acids is 5. The highest BCUT2D eigenvalue weighted by molar-refractivity contribution is 5.94. The van der Waals surface area contributed by atoms with Crippen molar-refractivity contribution in [1.29, 1.82) is 0 Å². The van der Waals surface area contributed by atoms with Crippen molar-refractivity contribution in [2.24, 2.45) is 22.7 Å². The van der Waals surface area contributed by atoms with Crippen molar-refractivity contribution in [3.05, 3.63) is 71.3 Å². The summed E-state index contributed by atoms with van der Waals surface area (Å²) in [7, 11) is 0. The van der Waals surface area contributed by atoms with E-state index in [1.807, 2.05) is 6.92 Å². The summed E-state index contributed by atoms with van der Waals surface area (Å²) < 4.78 is 34.8. The van der Waals surface area contributed by atoms with Crippen molar-refractivity contribution in [2.45, 2.75) is 84.5 Å². The van der Waals surface area contributed by atoms with Crippen LogP contribution in [0.2, 0.25) is 0 Å². The largest absolute Gasteiger partial charge is 0.461 e. The van der Waals surface area contributed by atoms with Crippen LogP contribution < -0.4 is 9.47 Å². The molecule has 0 radical (unpaired) electrons. The van der Waals surface area contributed by atoms with Gasteiger partial charge in [-0.15, -0.1) is 0 Å². The lowest BCUT2D eigenvalue weighted by Crippen LogP contribution is -2.62. The second kappa shape index (κ2) is 13.1. The third-order valence-electron chi connectivity index (χ3n) is 11.2. The Morgan fingerprint density at radius 2 is 1.43 bits per heavy atom. The third kappa shape index (κ3) is 6.36. The van der Waals surface area contributed by atoms with Gasteiger partial charge in [0, 0.05) is 19.3 Å². The van der Waals surface area contributed by atoms with Crippen LogP contribution in [0.5, 0.6) is 11.5 Å². The Balaban J connectivity index is 1.32. The van der Waals surface area contributed by atoms with Gasteiger partial charge in [0.1, 0.15) is 41.9 Å². The normalized spacial score (nSPS) is 31.8. The molecule has 2 aliphatic heterocycles. The summed E-state index contributed by atoms with van der Waals surface area (Å²) in [5.41, 5.74) is -0.916. The number of fused-ring (bicyclic) bond motifs is 3. The molecule has 49 heavy (non-hydrogen) atoms. The van der Waals surface area contributed by atoms with Crippen LogP contribution in [0.25, 0.3) is 0 Å². The number of rotatable bonds is 8. The van der Waals surface area contributed by atoms with Gasteiger partial charge in [0.2, 0.25) is 0 Å². The van der Waals surface area contributed by atoms with E-state index in [1.165, 1.54) is 32.0 Å². The van der Waals surface area contributed by atoms with E-state index in [-0.39, 0.29) is 65.2 Å². The zero-order chi connectivity index (χ0) is 35.1. The zero-order valence-electron chi connectivity index (χ0n) is 28.4. The number of hydrogen-bond acceptors (Lipinski definition) is 11. The fourth-order valence-electron chi connectivity index (χ4n) is 9.01. The third-order valence-corrected chi connectivity index (χ3v) is 11.2. The van der Waals surface area contributed by atoms with Gasteiger partial charge < -0.3 is 28.4 Å². The molecule has 0 spiro atoms. The highest BCUT2D eigenvalue weighted by atomic mass is 16.6. The molecule has 0 bridgehead atoms. The molecule has 6 rings (SSSR count). The highest BCUT2D eigenvalue weighted by Gasteiger charge is 2.66. The topological polar surface area (TPSA) is 141 Å².